The number of carbonyl (C=O) groups excluding carboxylic acids is 4. The van der Waals surface area contributed by atoms with Gasteiger partial charge in [-0.3, -0.25) is 14.4 Å². The zero-order valence-electron chi connectivity index (χ0n) is 29.3. The average molecular weight is 782 g/mol. The number of thiophene rings is 1. The minimum absolute atomic E-state index is 0.0606. The molecule has 54 heavy (non-hydrogen) atoms. The molecular formula is C42H37ClFN3O5S2. The fourth-order valence-electron chi connectivity index (χ4n) is 6.05. The molecule has 3 amide bonds. The summed E-state index contributed by atoms with van der Waals surface area (Å²) in [5.74, 6) is -2.72. The van der Waals surface area contributed by atoms with E-state index in [4.69, 9.17) is 16.3 Å². The van der Waals surface area contributed by atoms with Crippen molar-refractivity contribution in [3.05, 3.63) is 152 Å². The lowest BCUT2D eigenvalue weighted by Gasteiger charge is -2.18. The quantitative estimate of drug-likeness (QED) is 0.0503. The molecule has 1 aliphatic rings. The number of ether oxygens (including phenoxy) is 1. The molecule has 1 atom stereocenters. The molecule has 4 aromatic carbocycles. The Balaban J connectivity index is 1.27. The van der Waals surface area contributed by atoms with Crippen LogP contribution in [-0.2, 0) is 27.2 Å². The second-order valence-corrected chi connectivity index (χ2v) is 15.1. The van der Waals surface area contributed by atoms with E-state index in [9.17, 15) is 23.6 Å². The Morgan fingerprint density at radius 2 is 1.61 bits per heavy atom. The average Bonchev–Trinajstić information content (AvgIpc) is 3.35. The van der Waals surface area contributed by atoms with E-state index in [1.165, 1.54) is 47.4 Å². The molecule has 12 heteroatoms. The number of carbonyl (C=O) groups is 4. The first-order valence-corrected chi connectivity index (χ1v) is 19.6. The van der Waals surface area contributed by atoms with Crippen LogP contribution in [0.3, 0.4) is 0 Å². The number of fused-ring (bicyclic) bond motifs is 1. The molecule has 276 valence electrons. The molecule has 0 radical (unpaired) electrons. The highest BCUT2D eigenvalue weighted by Gasteiger charge is 2.30. The minimum Gasteiger partial charge on any atom is -0.462 e. The predicted molar refractivity (Wildman–Crippen MR) is 214 cm³/mol. The largest absolute Gasteiger partial charge is 0.462 e. The number of rotatable bonds is 12. The van der Waals surface area contributed by atoms with E-state index in [1.54, 1.807) is 55.5 Å². The molecule has 0 saturated heterocycles. The van der Waals surface area contributed by atoms with Gasteiger partial charge < -0.3 is 20.7 Å². The monoisotopic (exact) mass is 781 g/mol. The van der Waals surface area contributed by atoms with E-state index < -0.39 is 28.9 Å². The summed E-state index contributed by atoms with van der Waals surface area (Å²) in [7, 11) is 0. The van der Waals surface area contributed by atoms with Crippen LogP contribution in [0.5, 0.6) is 0 Å². The van der Waals surface area contributed by atoms with Crippen molar-refractivity contribution in [1.82, 2.24) is 5.32 Å². The molecule has 1 aliphatic carbocycles. The maximum atomic E-state index is 14.8. The van der Waals surface area contributed by atoms with Gasteiger partial charge in [-0.2, -0.15) is 0 Å². The van der Waals surface area contributed by atoms with Crippen LogP contribution < -0.4 is 16.0 Å². The normalized spacial score (nSPS) is 13.2. The Hall–Kier alpha value is -5.23. The molecule has 0 fully saturated rings. The summed E-state index contributed by atoms with van der Waals surface area (Å²) in [6, 6.07) is 28.6. The highest BCUT2D eigenvalue weighted by Crippen LogP contribution is 2.41. The van der Waals surface area contributed by atoms with Crippen LogP contribution in [0.1, 0.15) is 73.7 Å². The van der Waals surface area contributed by atoms with E-state index in [0.29, 0.717) is 26.7 Å². The minimum atomic E-state index is -0.738. The molecule has 0 spiro atoms. The van der Waals surface area contributed by atoms with Crippen LogP contribution >= 0.6 is 34.7 Å². The first-order chi connectivity index (χ1) is 26.2. The summed E-state index contributed by atoms with van der Waals surface area (Å²) in [5, 5.41) is 8.27. The van der Waals surface area contributed by atoms with Gasteiger partial charge in [0, 0.05) is 26.6 Å². The highest BCUT2D eigenvalue weighted by atomic mass is 35.5. The summed E-state index contributed by atoms with van der Waals surface area (Å²) in [6.07, 6.45) is 5.86. The van der Waals surface area contributed by atoms with Crippen molar-refractivity contribution in [2.24, 2.45) is 0 Å². The summed E-state index contributed by atoms with van der Waals surface area (Å²) in [4.78, 5) is 56.0. The lowest BCUT2D eigenvalue weighted by atomic mass is 10.1. The molecule has 0 saturated carbocycles. The van der Waals surface area contributed by atoms with E-state index >= 15 is 0 Å². The number of nitrogens with one attached hydrogen (secondary N) is 3. The van der Waals surface area contributed by atoms with E-state index in [2.05, 4.69) is 16.0 Å². The fraction of sp³-hybridized carbons (Fsp3) is 0.190. The standard InChI is InChI=1S/C42H37ClFN3O5S2/c1-2-52-42(51)36-30-20-10-5-11-23-35(30)54-41(36)47-40(50)37(26-14-6-3-7-15-26)53-29-19-12-18-28(24-29)45-39(49)34(25-31-32(43)21-13-22-33(31)44)46-38(48)27-16-8-4-9-17-27/h3-4,6-9,12-19,21-22,24-25,37H,2,5,10-11,20,23H2,1H3,(H,45,49)(H,46,48)(H,47,50)/b34-25+. The van der Waals surface area contributed by atoms with Crippen molar-refractivity contribution in [3.63, 3.8) is 0 Å². The summed E-state index contributed by atoms with van der Waals surface area (Å²) < 4.78 is 20.3. The van der Waals surface area contributed by atoms with Crippen molar-refractivity contribution in [2.75, 3.05) is 17.2 Å². The van der Waals surface area contributed by atoms with Crippen molar-refractivity contribution in [1.29, 1.82) is 0 Å². The third-order valence-electron chi connectivity index (χ3n) is 8.64. The van der Waals surface area contributed by atoms with E-state index in [1.807, 2.05) is 36.4 Å². The molecule has 6 rings (SSSR count). The van der Waals surface area contributed by atoms with Crippen LogP contribution in [-0.4, -0.2) is 30.3 Å². The number of thioether (sulfide) groups is 1. The second kappa shape index (κ2) is 18.2. The van der Waals surface area contributed by atoms with Gasteiger partial charge in [-0.15, -0.1) is 23.1 Å². The van der Waals surface area contributed by atoms with Gasteiger partial charge in [0.1, 0.15) is 21.8 Å². The Morgan fingerprint density at radius 1 is 0.889 bits per heavy atom. The molecular weight excluding hydrogens is 745 g/mol. The molecule has 5 aromatic rings. The Kier molecular flexibility index (Phi) is 13.0. The molecule has 0 bridgehead atoms. The summed E-state index contributed by atoms with van der Waals surface area (Å²) in [5.41, 5.74) is 2.50. The van der Waals surface area contributed by atoms with Crippen molar-refractivity contribution < 1.29 is 28.3 Å². The molecule has 8 nitrogen and oxygen atoms in total. The lowest BCUT2D eigenvalue weighted by molar-refractivity contribution is -0.116. The van der Waals surface area contributed by atoms with Gasteiger partial charge in [0.2, 0.25) is 5.91 Å². The summed E-state index contributed by atoms with van der Waals surface area (Å²) in [6.45, 7) is 1.98. The number of esters is 1. The van der Waals surface area contributed by atoms with Gasteiger partial charge >= 0.3 is 5.97 Å². The smallest absolute Gasteiger partial charge is 0.341 e. The Morgan fingerprint density at radius 3 is 2.35 bits per heavy atom. The number of benzene rings is 4. The van der Waals surface area contributed by atoms with Gasteiger partial charge in [-0.25, -0.2) is 9.18 Å². The molecule has 1 aromatic heterocycles. The number of hydrogen-bond donors (Lipinski definition) is 3. The third kappa shape index (κ3) is 9.46. The zero-order valence-corrected chi connectivity index (χ0v) is 31.7. The predicted octanol–water partition coefficient (Wildman–Crippen LogP) is 9.87. The number of halogens is 2. The van der Waals surface area contributed by atoms with Gasteiger partial charge in [0.05, 0.1) is 17.2 Å². The lowest BCUT2D eigenvalue weighted by Crippen LogP contribution is -2.30. The summed E-state index contributed by atoms with van der Waals surface area (Å²) >= 11 is 8.98. The van der Waals surface area contributed by atoms with Gasteiger partial charge in [-0.1, -0.05) is 78.7 Å². The Bertz CT molecular complexity index is 2170. The Labute approximate surface area is 326 Å². The second-order valence-electron chi connectivity index (χ2n) is 12.4. The first-order valence-electron chi connectivity index (χ1n) is 17.5. The van der Waals surface area contributed by atoms with Crippen LogP contribution in [0, 0.1) is 5.82 Å². The van der Waals surface area contributed by atoms with Crippen molar-refractivity contribution in [2.45, 2.75) is 49.2 Å². The fourth-order valence-corrected chi connectivity index (χ4v) is 8.63. The van der Waals surface area contributed by atoms with E-state index in [0.717, 1.165) is 48.1 Å². The molecule has 1 heterocycles. The van der Waals surface area contributed by atoms with Crippen LogP contribution in [0.4, 0.5) is 15.1 Å². The van der Waals surface area contributed by atoms with Crippen LogP contribution in [0.2, 0.25) is 5.02 Å². The van der Waals surface area contributed by atoms with E-state index in [-0.39, 0.29) is 28.8 Å². The third-order valence-corrected chi connectivity index (χ3v) is 11.4. The topological polar surface area (TPSA) is 114 Å². The van der Waals surface area contributed by atoms with Gasteiger partial charge in [0.25, 0.3) is 11.8 Å². The van der Waals surface area contributed by atoms with Gasteiger partial charge in [-0.05, 0) is 92.3 Å². The molecule has 3 N–H and O–H groups in total. The first kappa shape index (κ1) is 38.5. The van der Waals surface area contributed by atoms with Crippen molar-refractivity contribution >= 4 is 75.2 Å². The van der Waals surface area contributed by atoms with Gasteiger partial charge in [0.15, 0.2) is 0 Å². The number of aryl methyl sites for hydroxylation is 1. The highest BCUT2D eigenvalue weighted by molar-refractivity contribution is 8.00. The number of amides is 3. The van der Waals surface area contributed by atoms with Crippen LogP contribution in [0.15, 0.2) is 114 Å². The zero-order chi connectivity index (χ0) is 38.0. The maximum Gasteiger partial charge on any atom is 0.341 e. The van der Waals surface area contributed by atoms with Crippen LogP contribution in [0.25, 0.3) is 6.08 Å². The SMILES string of the molecule is CCOC(=O)c1c(NC(=O)C(Sc2cccc(NC(=O)/C(=C\c3c(F)cccc3Cl)NC(=O)c3ccccc3)c2)c2ccccc2)sc2c1CCCCC2. The number of anilines is 2. The molecule has 0 aliphatic heterocycles. The van der Waals surface area contributed by atoms with Crippen molar-refractivity contribution in [3.8, 4) is 0 Å². The maximum absolute atomic E-state index is 14.8. The number of hydrogen-bond acceptors (Lipinski definition) is 7. The molecule has 1 unspecified atom stereocenters.